The van der Waals surface area contributed by atoms with Crippen LogP contribution in [0.2, 0.25) is 0 Å². The Balaban J connectivity index is 2.20. The second kappa shape index (κ2) is 4.13. The Bertz CT molecular complexity index is 372. The van der Waals surface area contributed by atoms with Crippen LogP contribution in [-0.2, 0) is 0 Å². The largest absolute Gasteiger partial charge is 0.344 e. The normalized spacial score (nSPS) is 15.4. The maximum absolute atomic E-state index is 4.39. The van der Waals surface area contributed by atoms with Gasteiger partial charge in [0, 0.05) is 23.1 Å². The van der Waals surface area contributed by atoms with Gasteiger partial charge in [0.1, 0.15) is 5.84 Å². The Kier molecular flexibility index (Phi) is 2.87. The summed E-state index contributed by atoms with van der Waals surface area (Å²) in [5, 5.41) is 3.37. The van der Waals surface area contributed by atoms with Crippen LogP contribution < -0.4 is 5.32 Å². The summed E-state index contributed by atoms with van der Waals surface area (Å²) in [5.41, 5.74) is 2.39. The fourth-order valence-electron chi connectivity index (χ4n) is 1.54. The van der Waals surface area contributed by atoms with Crippen molar-refractivity contribution < 1.29 is 0 Å². The number of nitrogens with one attached hydrogen (secondary N) is 1. The number of hydrogen-bond acceptors (Lipinski definition) is 2. The summed E-state index contributed by atoms with van der Waals surface area (Å²) in [4.78, 5) is 4.39. The predicted molar refractivity (Wildman–Crippen MR) is 64.0 cm³/mol. The molecule has 1 aliphatic heterocycles. The van der Waals surface area contributed by atoms with E-state index in [0.717, 1.165) is 29.0 Å². The second-order valence-corrected chi connectivity index (χ2v) is 4.32. The summed E-state index contributed by atoms with van der Waals surface area (Å²) in [6.45, 7) is 3.07. The Morgan fingerprint density at radius 3 is 3.00 bits per heavy atom. The summed E-state index contributed by atoms with van der Waals surface area (Å²) in [7, 11) is 0. The number of halogens is 1. The number of aliphatic imine (C=N–C) groups is 1. The first-order valence-electron chi connectivity index (χ1n) is 4.83. The molecule has 0 radical (unpaired) electrons. The van der Waals surface area contributed by atoms with E-state index < -0.39 is 0 Å². The molecule has 1 aromatic carbocycles. The fraction of sp³-hybridized carbons (Fsp3) is 0.364. The van der Waals surface area contributed by atoms with Crippen LogP contribution in [-0.4, -0.2) is 12.4 Å². The number of benzene rings is 1. The number of amidine groups is 1. The smallest absolute Gasteiger partial charge is 0.101 e. The zero-order chi connectivity index (χ0) is 9.97. The molecule has 14 heavy (non-hydrogen) atoms. The van der Waals surface area contributed by atoms with Gasteiger partial charge >= 0.3 is 0 Å². The standard InChI is InChI=1S/C11H13BrN2/c1-8-9(12)4-2-5-10(8)14-11-6-3-7-13-11/h2,4-5H,3,6-7H2,1H3,(H,13,14). The lowest BCUT2D eigenvalue weighted by molar-refractivity contribution is 0.951. The average Bonchev–Trinajstić information content (AvgIpc) is 2.66. The van der Waals surface area contributed by atoms with Crippen molar-refractivity contribution in [1.29, 1.82) is 0 Å². The maximum Gasteiger partial charge on any atom is 0.101 e. The molecule has 2 nitrogen and oxygen atoms in total. The quantitative estimate of drug-likeness (QED) is 0.815. The molecule has 1 heterocycles. The highest BCUT2D eigenvalue weighted by atomic mass is 79.9. The van der Waals surface area contributed by atoms with Crippen molar-refractivity contribution in [3.63, 3.8) is 0 Å². The summed E-state index contributed by atoms with van der Waals surface area (Å²) in [5.74, 6) is 1.12. The van der Waals surface area contributed by atoms with Crippen molar-refractivity contribution in [2.24, 2.45) is 4.99 Å². The molecule has 0 aliphatic carbocycles. The number of anilines is 1. The lowest BCUT2D eigenvalue weighted by atomic mass is 10.2. The van der Waals surface area contributed by atoms with Gasteiger partial charge < -0.3 is 5.32 Å². The van der Waals surface area contributed by atoms with Crippen LogP contribution in [0.15, 0.2) is 27.7 Å². The third-order valence-electron chi connectivity index (χ3n) is 2.42. The van der Waals surface area contributed by atoms with Gasteiger partial charge in [0.15, 0.2) is 0 Å². The van der Waals surface area contributed by atoms with Gasteiger partial charge in [0.25, 0.3) is 0 Å². The van der Waals surface area contributed by atoms with Gasteiger partial charge in [-0.15, -0.1) is 0 Å². The molecule has 0 spiro atoms. The van der Waals surface area contributed by atoms with E-state index in [4.69, 9.17) is 0 Å². The highest BCUT2D eigenvalue weighted by Gasteiger charge is 2.08. The van der Waals surface area contributed by atoms with Gasteiger partial charge in [0.2, 0.25) is 0 Å². The van der Waals surface area contributed by atoms with E-state index in [1.807, 2.05) is 6.07 Å². The van der Waals surface area contributed by atoms with Gasteiger partial charge in [-0.1, -0.05) is 22.0 Å². The van der Waals surface area contributed by atoms with Crippen LogP contribution in [0, 0.1) is 6.92 Å². The minimum absolute atomic E-state index is 0.968. The second-order valence-electron chi connectivity index (χ2n) is 3.47. The van der Waals surface area contributed by atoms with Crippen LogP contribution in [0.1, 0.15) is 18.4 Å². The third-order valence-corrected chi connectivity index (χ3v) is 3.28. The predicted octanol–water partition coefficient (Wildman–Crippen LogP) is 3.36. The van der Waals surface area contributed by atoms with Gasteiger partial charge in [-0.2, -0.15) is 0 Å². The Labute approximate surface area is 92.6 Å². The summed E-state index contributed by atoms with van der Waals surface area (Å²) >= 11 is 3.52. The molecule has 0 saturated carbocycles. The minimum atomic E-state index is 0.968. The number of rotatable bonds is 1. The van der Waals surface area contributed by atoms with Crippen LogP contribution in [0.5, 0.6) is 0 Å². The molecule has 74 valence electrons. The van der Waals surface area contributed by atoms with E-state index in [-0.39, 0.29) is 0 Å². The Hall–Kier alpha value is -0.830. The average molecular weight is 253 g/mol. The molecule has 2 rings (SSSR count). The Morgan fingerprint density at radius 1 is 1.43 bits per heavy atom. The van der Waals surface area contributed by atoms with Crippen molar-refractivity contribution >= 4 is 27.5 Å². The third kappa shape index (κ3) is 1.98. The zero-order valence-corrected chi connectivity index (χ0v) is 9.76. The lowest BCUT2D eigenvalue weighted by Gasteiger charge is -2.09. The molecular formula is C11H13BrN2. The van der Waals surface area contributed by atoms with E-state index in [1.54, 1.807) is 0 Å². The molecule has 0 aromatic heterocycles. The van der Waals surface area contributed by atoms with Gasteiger partial charge in [-0.05, 0) is 31.0 Å². The van der Waals surface area contributed by atoms with Crippen LogP contribution >= 0.6 is 15.9 Å². The lowest BCUT2D eigenvalue weighted by Crippen LogP contribution is -2.09. The molecule has 0 amide bonds. The molecule has 0 saturated heterocycles. The fourth-order valence-corrected chi connectivity index (χ4v) is 1.91. The summed E-state index contributed by atoms with van der Waals surface area (Å²) in [6, 6.07) is 6.17. The first kappa shape index (κ1) is 9.71. The monoisotopic (exact) mass is 252 g/mol. The molecule has 0 bridgehead atoms. The van der Waals surface area contributed by atoms with Gasteiger partial charge in [-0.3, -0.25) is 4.99 Å². The van der Waals surface area contributed by atoms with Gasteiger partial charge in [-0.25, -0.2) is 0 Å². The van der Waals surface area contributed by atoms with E-state index in [0.29, 0.717) is 0 Å². The minimum Gasteiger partial charge on any atom is -0.344 e. The van der Waals surface area contributed by atoms with E-state index in [9.17, 15) is 0 Å². The first-order chi connectivity index (χ1) is 6.77. The van der Waals surface area contributed by atoms with Crippen molar-refractivity contribution in [1.82, 2.24) is 0 Å². The maximum atomic E-state index is 4.39. The molecule has 0 unspecified atom stereocenters. The van der Waals surface area contributed by atoms with E-state index in [2.05, 4.69) is 45.3 Å². The number of nitrogens with zero attached hydrogens (tertiary/aromatic N) is 1. The van der Waals surface area contributed by atoms with Crippen molar-refractivity contribution in [3.05, 3.63) is 28.2 Å². The molecule has 1 N–H and O–H groups in total. The zero-order valence-electron chi connectivity index (χ0n) is 8.18. The highest BCUT2D eigenvalue weighted by Crippen LogP contribution is 2.24. The summed E-state index contributed by atoms with van der Waals surface area (Å²) < 4.78 is 1.14. The summed E-state index contributed by atoms with van der Waals surface area (Å²) in [6.07, 6.45) is 2.25. The van der Waals surface area contributed by atoms with Gasteiger partial charge in [0.05, 0.1) is 0 Å². The van der Waals surface area contributed by atoms with Crippen molar-refractivity contribution in [2.75, 3.05) is 11.9 Å². The highest BCUT2D eigenvalue weighted by molar-refractivity contribution is 9.10. The SMILES string of the molecule is Cc1c(Br)cccc1NC1=NCCC1. The number of hydrogen-bond donors (Lipinski definition) is 1. The topological polar surface area (TPSA) is 24.4 Å². The van der Waals surface area contributed by atoms with Crippen molar-refractivity contribution in [2.45, 2.75) is 19.8 Å². The molecule has 3 heteroatoms. The molecular weight excluding hydrogens is 240 g/mol. The van der Waals surface area contributed by atoms with Crippen LogP contribution in [0.4, 0.5) is 5.69 Å². The van der Waals surface area contributed by atoms with E-state index >= 15 is 0 Å². The first-order valence-corrected chi connectivity index (χ1v) is 5.62. The van der Waals surface area contributed by atoms with E-state index in [1.165, 1.54) is 12.0 Å². The molecule has 1 aliphatic rings. The Morgan fingerprint density at radius 2 is 2.29 bits per heavy atom. The van der Waals surface area contributed by atoms with Crippen LogP contribution in [0.25, 0.3) is 0 Å². The molecule has 0 atom stereocenters. The van der Waals surface area contributed by atoms with Crippen LogP contribution in [0.3, 0.4) is 0 Å². The van der Waals surface area contributed by atoms with Crippen molar-refractivity contribution in [3.8, 4) is 0 Å². The molecule has 0 fully saturated rings. The molecule has 1 aromatic rings.